The third-order valence-corrected chi connectivity index (χ3v) is 5.30. The predicted molar refractivity (Wildman–Crippen MR) is 117 cm³/mol. The lowest BCUT2D eigenvalue weighted by Gasteiger charge is -2.17. The fourth-order valence-corrected chi connectivity index (χ4v) is 3.78. The number of hydrogen-bond acceptors (Lipinski definition) is 4. The maximum Gasteiger partial charge on any atom is 0.291 e. The largest absolute Gasteiger partial charge is 0.494 e. The summed E-state index contributed by atoms with van der Waals surface area (Å²) in [5.41, 5.74) is 1.98. The van der Waals surface area contributed by atoms with Gasteiger partial charge in [0.2, 0.25) is 5.91 Å². The third-order valence-electron chi connectivity index (χ3n) is 5.30. The fourth-order valence-electron chi connectivity index (χ4n) is 3.78. The van der Waals surface area contributed by atoms with Gasteiger partial charge in [-0.25, -0.2) is 4.68 Å². The average molecular weight is 404 g/mol. The Hall–Kier alpha value is -3.61. The fraction of sp³-hybridized carbons (Fsp3) is 0.261. The van der Waals surface area contributed by atoms with Gasteiger partial charge >= 0.3 is 0 Å². The summed E-state index contributed by atoms with van der Waals surface area (Å²) in [5, 5.41) is 8.79. The van der Waals surface area contributed by atoms with Gasteiger partial charge in [0.1, 0.15) is 17.3 Å². The summed E-state index contributed by atoms with van der Waals surface area (Å²) >= 11 is 0. The number of aryl methyl sites for hydroxylation is 1. The number of nitrogens with one attached hydrogen (secondary N) is 1. The second kappa shape index (κ2) is 8.02. The Bertz CT molecular complexity index is 1290. The number of aromatic nitrogens is 3. The number of para-hydroxylation sites is 2. The molecule has 0 aliphatic heterocycles. The minimum Gasteiger partial charge on any atom is -0.494 e. The highest BCUT2D eigenvalue weighted by molar-refractivity contribution is 6.08. The molecule has 2 aromatic heterocycles. The van der Waals surface area contributed by atoms with Gasteiger partial charge in [-0.05, 0) is 26.0 Å². The molecule has 0 fully saturated rings. The van der Waals surface area contributed by atoms with E-state index in [0.717, 1.165) is 27.6 Å². The highest BCUT2D eigenvalue weighted by Gasteiger charge is 2.23. The molecule has 0 aliphatic rings. The highest BCUT2D eigenvalue weighted by Crippen LogP contribution is 2.29. The number of rotatable bonds is 6. The number of ether oxygens (including phenoxy) is 1. The molecule has 0 spiro atoms. The van der Waals surface area contributed by atoms with Crippen LogP contribution in [0.25, 0.3) is 21.8 Å². The van der Waals surface area contributed by atoms with Gasteiger partial charge in [-0.1, -0.05) is 36.4 Å². The first-order valence-corrected chi connectivity index (χ1v) is 9.96. The number of hydrogen-bond donors (Lipinski definition) is 1. The van der Waals surface area contributed by atoms with Crippen LogP contribution < -0.4 is 15.6 Å². The van der Waals surface area contributed by atoms with Crippen molar-refractivity contribution in [3.63, 3.8) is 0 Å². The smallest absolute Gasteiger partial charge is 0.291 e. The van der Waals surface area contributed by atoms with Crippen LogP contribution in [0, 0.1) is 0 Å². The molecular weight excluding hydrogens is 380 g/mol. The van der Waals surface area contributed by atoms with E-state index in [0.29, 0.717) is 18.7 Å². The molecule has 154 valence electrons. The number of fused-ring (bicyclic) bond motifs is 3. The van der Waals surface area contributed by atoms with E-state index in [1.165, 1.54) is 4.68 Å². The van der Waals surface area contributed by atoms with Crippen LogP contribution >= 0.6 is 0 Å². The van der Waals surface area contributed by atoms with Gasteiger partial charge in [0.25, 0.3) is 5.56 Å². The molecule has 0 radical (unpaired) electrons. The zero-order valence-corrected chi connectivity index (χ0v) is 17.3. The quantitative estimate of drug-likeness (QED) is 0.535. The third kappa shape index (κ3) is 3.32. The summed E-state index contributed by atoms with van der Waals surface area (Å²) < 4.78 is 8.74. The van der Waals surface area contributed by atoms with Crippen molar-refractivity contribution in [1.29, 1.82) is 0 Å². The summed E-state index contributed by atoms with van der Waals surface area (Å²) in [4.78, 5) is 25.9. The van der Waals surface area contributed by atoms with Crippen molar-refractivity contribution < 1.29 is 9.53 Å². The van der Waals surface area contributed by atoms with Gasteiger partial charge in [0, 0.05) is 29.9 Å². The van der Waals surface area contributed by atoms with Gasteiger partial charge in [-0.3, -0.25) is 9.59 Å². The van der Waals surface area contributed by atoms with E-state index in [2.05, 4.69) is 10.4 Å². The topological polar surface area (TPSA) is 78.2 Å². The minimum atomic E-state index is -0.582. The van der Waals surface area contributed by atoms with E-state index >= 15 is 0 Å². The second-order valence-corrected chi connectivity index (χ2v) is 7.16. The van der Waals surface area contributed by atoms with Crippen molar-refractivity contribution in [1.82, 2.24) is 19.7 Å². The van der Waals surface area contributed by atoms with Crippen LogP contribution in [0.4, 0.5) is 0 Å². The molecule has 2 heterocycles. The Morgan fingerprint density at radius 1 is 1.13 bits per heavy atom. The first-order chi connectivity index (χ1) is 14.5. The lowest BCUT2D eigenvalue weighted by molar-refractivity contribution is -0.123. The van der Waals surface area contributed by atoms with Crippen LogP contribution in [0.2, 0.25) is 0 Å². The molecular formula is C23H24N4O3. The lowest BCUT2D eigenvalue weighted by atomic mass is 10.2. The Morgan fingerprint density at radius 2 is 1.87 bits per heavy atom. The summed E-state index contributed by atoms with van der Waals surface area (Å²) in [6.07, 6.45) is 1.68. The van der Waals surface area contributed by atoms with Crippen LogP contribution in [0.3, 0.4) is 0 Å². The van der Waals surface area contributed by atoms with Crippen LogP contribution in [0.5, 0.6) is 5.75 Å². The van der Waals surface area contributed by atoms with Crippen molar-refractivity contribution in [2.45, 2.75) is 26.4 Å². The summed E-state index contributed by atoms with van der Waals surface area (Å²) in [6.45, 7) is 4.63. The van der Waals surface area contributed by atoms with Crippen molar-refractivity contribution in [2.24, 2.45) is 7.05 Å². The summed E-state index contributed by atoms with van der Waals surface area (Å²) in [5.74, 6) is 0.576. The molecule has 1 atom stereocenters. The molecule has 1 unspecified atom stereocenters. The van der Waals surface area contributed by atoms with E-state index in [1.807, 2.05) is 55.5 Å². The van der Waals surface area contributed by atoms with Gasteiger partial charge in [-0.2, -0.15) is 5.10 Å². The number of carbonyl (C=O) groups is 1. The molecule has 1 N–H and O–H groups in total. The molecule has 30 heavy (non-hydrogen) atoms. The Kier molecular flexibility index (Phi) is 5.27. The molecule has 0 saturated heterocycles. The van der Waals surface area contributed by atoms with Crippen LogP contribution in [-0.4, -0.2) is 26.9 Å². The molecule has 1 amide bonds. The predicted octanol–water partition coefficient (Wildman–Crippen LogP) is 3.16. The first-order valence-electron chi connectivity index (χ1n) is 9.96. The average Bonchev–Trinajstić information content (AvgIpc) is 3.10. The Balaban J connectivity index is 1.71. The monoisotopic (exact) mass is 404 g/mol. The minimum absolute atomic E-state index is 0.178. The van der Waals surface area contributed by atoms with Crippen LogP contribution in [-0.2, 0) is 18.4 Å². The SMILES string of the molecule is CCOc1ccccc1CNC(=O)C(C)n1c2ccccc2c2cnn(C)c(=O)c21. The number of amides is 1. The zero-order chi connectivity index (χ0) is 21.3. The van der Waals surface area contributed by atoms with E-state index in [-0.39, 0.29) is 11.5 Å². The Morgan fingerprint density at radius 3 is 2.67 bits per heavy atom. The van der Waals surface area contributed by atoms with E-state index in [4.69, 9.17) is 4.74 Å². The van der Waals surface area contributed by atoms with Gasteiger partial charge in [0.15, 0.2) is 0 Å². The zero-order valence-electron chi connectivity index (χ0n) is 17.3. The molecule has 0 aliphatic carbocycles. The number of carbonyl (C=O) groups excluding carboxylic acids is 1. The van der Waals surface area contributed by atoms with Crippen molar-refractivity contribution >= 4 is 27.7 Å². The van der Waals surface area contributed by atoms with Crippen LogP contribution in [0.1, 0.15) is 25.5 Å². The molecule has 4 aromatic rings. The van der Waals surface area contributed by atoms with E-state index in [9.17, 15) is 9.59 Å². The summed E-state index contributed by atoms with van der Waals surface area (Å²) in [7, 11) is 1.61. The highest BCUT2D eigenvalue weighted by atomic mass is 16.5. The van der Waals surface area contributed by atoms with E-state index in [1.54, 1.807) is 24.7 Å². The standard InChI is InChI=1S/C23H24N4O3/c1-4-30-20-12-8-5-9-16(20)13-24-22(28)15(2)27-19-11-7-6-10-17(19)18-14-25-26(3)23(29)21(18)27/h5-12,14-15H,4,13H2,1-3H3,(H,24,28). The maximum absolute atomic E-state index is 13.1. The Labute approximate surface area is 173 Å². The lowest BCUT2D eigenvalue weighted by Crippen LogP contribution is -2.32. The molecule has 7 heteroatoms. The molecule has 4 rings (SSSR count). The van der Waals surface area contributed by atoms with E-state index < -0.39 is 6.04 Å². The van der Waals surface area contributed by atoms with Crippen molar-refractivity contribution in [3.8, 4) is 5.75 Å². The normalized spacial score (nSPS) is 12.2. The van der Waals surface area contributed by atoms with Gasteiger partial charge in [-0.15, -0.1) is 0 Å². The molecule has 2 aromatic carbocycles. The van der Waals surface area contributed by atoms with Gasteiger partial charge in [0.05, 0.1) is 18.3 Å². The van der Waals surface area contributed by atoms with Crippen molar-refractivity contribution in [3.05, 3.63) is 70.6 Å². The second-order valence-electron chi connectivity index (χ2n) is 7.16. The van der Waals surface area contributed by atoms with Gasteiger partial charge < -0.3 is 14.6 Å². The number of nitrogens with zero attached hydrogens (tertiary/aromatic N) is 3. The molecule has 0 saturated carbocycles. The van der Waals surface area contributed by atoms with Crippen molar-refractivity contribution in [2.75, 3.05) is 6.61 Å². The molecule has 0 bridgehead atoms. The maximum atomic E-state index is 13.1. The van der Waals surface area contributed by atoms with Crippen LogP contribution in [0.15, 0.2) is 59.5 Å². The first kappa shape index (κ1) is 19.7. The molecule has 7 nitrogen and oxygen atoms in total. The summed E-state index contributed by atoms with van der Waals surface area (Å²) in [6, 6.07) is 14.7. The number of benzene rings is 2.